The molecule has 102 valence electrons. The lowest BCUT2D eigenvalue weighted by Crippen LogP contribution is -2.43. The predicted octanol–water partition coefficient (Wildman–Crippen LogP) is -0.253. The zero-order valence-electron chi connectivity index (χ0n) is 10.7. The molecule has 1 heterocycles. The summed E-state index contributed by atoms with van der Waals surface area (Å²) in [6.45, 7) is 0.539. The van der Waals surface area contributed by atoms with E-state index in [2.05, 4.69) is 16.2 Å². The Morgan fingerprint density at radius 2 is 2.16 bits per heavy atom. The second-order valence-corrected chi connectivity index (χ2v) is 4.34. The summed E-state index contributed by atoms with van der Waals surface area (Å²) in [6.07, 6.45) is 0.929. The van der Waals surface area contributed by atoms with Gasteiger partial charge in [-0.15, -0.1) is 0 Å². The molecule has 2 rings (SSSR count). The van der Waals surface area contributed by atoms with Crippen molar-refractivity contribution in [3.05, 3.63) is 29.8 Å². The molecule has 1 saturated heterocycles. The maximum Gasteiger partial charge on any atom is 0.239 e. The fourth-order valence-electron chi connectivity index (χ4n) is 1.86. The van der Waals surface area contributed by atoms with Crippen LogP contribution in [0.3, 0.4) is 0 Å². The number of carbonyl (C=O) groups excluding carboxylic acids is 2. The Morgan fingerprint density at radius 3 is 2.74 bits per heavy atom. The summed E-state index contributed by atoms with van der Waals surface area (Å²) in [6, 6.07) is 7.23. The molecule has 2 amide bonds. The standard InChI is InChI=1S/C13H17N3O3/c1-19-10-4-2-9(3-5-10)6-7-14-13(18)11-8-12(17)16-15-11/h2-5,11,15H,6-8H2,1H3,(H,14,18)(H,16,17). The quantitative estimate of drug-likeness (QED) is 0.684. The lowest BCUT2D eigenvalue weighted by molar-refractivity contribution is -0.124. The van der Waals surface area contributed by atoms with Gasteiger partial charge in [0.1, 0.15) is 11.8 Å². The summed E-state index contributed by atoms with van der Waals surface area (Å²) in [7, 11) is 1.62. The van der Waals surface area contributed by atoms with Gasteiger partial charge in [-0.2, -0.15) is 0 Å². The van der Waals surface area contributed by atoms with Gasteiger partial charge in [0, 0.05) is 6.54 Å². The van der Waals surface area contributed by atoms with Crippen LogP contribution in [0.5, 0.6) is 5.75 Å². The summed E-state index contributed by atoms with van der Waals surface area (Å²) in [5.41, 5.74) is 6.17. The first-order valence-electron chi connectivity index (χ1n) is 6.14. The lowest BCUT2D eigenvalue weighted by Gasteiger charge is -2.09. The summed E-state index contributed by atoms with van der Waals surface area (Å²) in [5.74, 6) is 0.495. The van der Waals surface area contributed by atoms with Crippen LogP contribution in [-0.4, -0.2) is 31.5 Å². The molecule has 0 spiro atoms. The van der Waals surface area contributed by atoms with Crippen LogP contribution in [0.2, 0.25) is 0 Å². The van der Waals surface area contributed by atoms with Gasteiger partial charge in [-0.3, -0.25) is 15.0 Å². The Balaban J connectivity index is 1.73. The number of hydrogen-bond acceptors (Lipinski definition) is 4. The van der Waals surface area contributed by atoms with Crippen molar-refractivity contribution in [1.82, 2.24) is 16.2 Å². The van der Waals surface area contributed by atoms with E-state index in [0.29, 0.717) is 6.54 Å². The number of methoxy groups -OCH3 is 1. The van der Waals surface area contributed by atoms with E-state index in [9.17, 15) is 9.59 Å². The lowest BCUT2D eigenvalue weighted by atomic mass is 10.1. The largest absolute Gasteiger partial charge is 0.497 e. The molecule has 19 heavy (non-hydrogen) atoms. The molecule has 0 aromatic heterocycles. The van der Waals surface area contributed by atoms with Crippen LogP contribution in [0.15, 0.2) is 24.3 Å². The average molecular weight is 263 g/mol. The monoisotopic (exact) mass is 263 g/mol. The van der Waals surface area contributed by atoms with Crippen molar-refractivity contribution in [1.29, 1.82) is 0 Å². The molecule has 1 aromatic rings. The third-order valence-electron chi connectivity index (χ3n) is 2.96. The van der Waals surface area contributed by atoms with E-state index in [4.69, 9.17) is 4.74 Å². The van der Waals surface area contributed by atoms with E-state index in [0.717, 1.165) is 17.7 Å². The highest BCUT2D eigenvalue weighted by Gasteiger charge is 2.26. The SMILES string of the molecule is COc1ccc(CCNC(=O)C2CC(=O)NN2)cc1. The second kappa shape index (κ2) is 6.19. The molecule has 1 unspecified atom stereocenters. The minimum absolute atomic E-state index is 0.157. The summed E-state index contributed by atoms with van der Waals surface area (Å²) in [4.78, 5) is 22.6. The van der Waals surface area contributed by atoms with Crippen molar-refractivity contribution < 1.29 is 14.3 Å². The van der Waals surface area contributed by atoms with E-state index in [1.165, 1.54) is 0 Å². The molecule has 1 aliphatic heterocycles. The number of rotatable bonds is 5. The predicted molar refractivity (Wildman–Crippen MR) is 69.4 cm³/mol. The van der Waals surface area contributed by atoms with Gasteiger partial charge in [0.15, 0.2) is 0 Å². The van der Waals surface area contributed by atoms with Gasteiger partial charge >= 0.3 is 0 Å². The van der Waals surface area contributed by atoms with E-state index >= 15 is 0 Å². The first kappa shape index (κ1) is 13.4. The Bertz CT molecular complexity index is 459. The highest BCUT2D eigenvalue weighted by Crippen LogP contribution is 2.11. The number of ether oxygens (including phenoxy) is 1. The van der Waals surface area contributed by atoms with Gasteiger partial charge in [-0.05, 0) is 24.1 Å². The van der Waals surface area contributed by atoms with Gasteiger partial charge in [0.25, 0.3) is 0 Å². The van der Waals surface area contributed by atoms with Crippen LogP contribution >= 0.6 is 0 Å². The summed E-state index contributed by atoms with van der Waals surface area (Å²) >= 11 is 0. The van der Waals surface area contributed by atoms with Crippen molar-refractivity contribution in [2.45, 2.75) is 18.9 Å². The van der Waals surface area contributed by atoms with Crippen LogP contribution in [-0.2, 0) is 16.0 Å². The Labute approximate surface area is 111 Å². The molecule has 0 bridgehead atoms. The minimum atomic E-state index is -0.469. The maximum absolute atomic E-state index is 11.7. The molecule has 0 saturated carbocycles. The van der Waals surface area contributed by atoms with Crippen molar-refractivity contribution >= 4 is 11.8 Å². The molecule has 1 fully saturated rings. The maximum atomic E-state index is 11.7. The molecular formula is C13H17N3O3. The Morgan fingerprint density at radius 1 is 1.42 bits per heavy atom. The highest BCUT2D eigenvalue weighted by molar-refractivity contribution is 5.90. The third-order valence-corrected chi connectivity index (χ3v) is 2.96. The number of hydrogen-bond donors (Lipinski definition) is 3. The van der Waals surface area contributed by atoms with Crippen molar-refractivity contribution in [2.24, 2.45) is 0 Å². The van der Waals surface area contributed by atoms with E-state index in [-0.39, 0.29) is 18.2 Å². The van der Waals surface area contributed by atoms with Gasteiger partial charge in [0.2, 0.25) is 11.8 Å². The molecular weight excluding hydrogens is 246 g/mol. The van der Waals surface area contributed by atoms with Crippen LogP contribution in [0.1, 0.15) is 12.0 Å². The number of hydrazine groups is 1. The first-order chi connectivity index (χ1) is 9.19. The number of benzene rings is 1. The Hall–Kier alpha value is -2.08. The van der Waals surface area contributed by atoms with E-state index < -0.39 is 6.04 Å². The Kier molecular flexibility index (Phi) is 4.35. The molecule has 0 aliphatic carbocycles. The summed E-state index contributed by atoms with van der Waals surface area (Å²) < 4.78 is 5.07. The van der Waals surface area contributed by atoms with Crippen LogP contribution in [0, 0.1) is 0 Å². The highest BCUT2D eigenvalue weighted by atomic mass is 16.5. The molecule has 1 atom stereocenters. The molecule has 3 N–H and O–H groups in total. The van der Waals surface area contributed by atoms with Crippen LogP contribution in [0.4, 0.5) is 0 Å². The van der Waals surface area contributed by atoms with Gasteiger partial charge in [0.05, 0.1) is 13.5 Å². The molecule has 6 nitrogen and oxygen atoms in total. The van der Waals surface area contributed by atoms with Gasteiger partial charge in [-0.25, -0.2) is 5.43 Å². The van der Waals surface area contributed by atoms with Crippen molar-refractivity contribution in [3.8, 4) is 5.75 Å². The first-order valence-corrected chi connectivity index (χ1v) is 6.14. The third kappa shape index (κ3) is 3.69. The zero-order chi connectivity index (χ0) is 13.7. The fraction of sp³-hybridized carbons (Fsp3) is 0.385. The average Bonchev–Trinajstić information content (AvgIpc) is 2.86. The smallest absolute Gasteiger partial charge is 0.239 e. The van der Waals surface area contributed by atoms with E-state index in [1.54, 1.807) is 7.11 Å². The molecule has 1 aliphatic rings. The van der Waals surface area contributed by atoms with Crippen LogP contribution < -0.4 is 20.9 Å². The molecule has 1 aromatic carbocycles. The molecule has 6 heteroatoms. The number of carbonyl (C=O) groups is 2. The number of nitrogens with one attached hydrogen (secondary N) is 3. The van der Waals surface area contributed by atoms with Crippen LogP contribution in [0.25, 0.3) is 0 Å². The number of amides is 2. The van der Waals surface area contributed by atoms with Crippen molar-refractivity contribution in [2.75, 3.05) is 13.7 Å². The summed E-state index contributed by atoms with van der Waals surface area (Å²) in [5, 5.41) is 2.80. The van der Waals surface area contributed by atoms with Gasteiger partial charge in [-0.1, -0.05) is 12.1 Å². The van der Waals surface area contributed by atoms with Crippen molar-refractivity contribution in [3.63, 3.8) is 0 Å². The topological polar surface area (TPSA) is 79.5 Å². The minimum Gasteiger partial charge on any atom is -0.497 e. The van der Waals surface area contributed by atoms with E-state index in [1.807, 2.05) is 24.3 Å². The fourth-order valence-corrected chi connectivity index (χ4v) is 1.86. The normalized spacial score (nSPS) is 17.9. The second-order valence-electron chi connectivity index (χ2n) is 4.34. The van der Waals surface area contributed by atoms with Gasteiger partial charge < -0.3 is 10.1 Å². The zero-order valence-corrected chi connectivity index (χ0v) is 10.7. The molecule has 0 radical (unpaired) electrons.